The Morgan fingerprint density at radius 2 is 1.94 bits per heavy atom. The standard InChI is InChI=1S/C13H18F2N2O/c1-3-12(16)13(18)17-8(2)7-9-10(14)5-4-6-11(9)15/h4-6,8,12H,3,7,16H2,1-2H3,(H,17,18)/t8?,12-/m1/s1. The van der Waals surface area contributed by atoms with Crippen molar-refractivity contribution in [2.24, 2.45) is 5.73 Å². The van der Waals surface area contributed by atoms with Gasteiger partial charge >= 0.3 is 0 Å². The highest BCUT2D eigenvalue weighted by Gasteiger charge is 2.17. The van der Waals surface area contributed by atoms with Crippen molar-refractivity contribution in [1.29, 1.82) is 0 Å². The summed E-state index contributed by atoms with van der Waals surface area (Å²) >= 11 is 0. The first-order valence-corrected chi connectivity index (χ1v) is 5.94. The molecule has 1 aromatic rings. The fourth-order valence-corrected chi connectivity index (χ4v) is 1.62. The van der Waals surface area contributed by atoms with Crippen LogP contribution in [0.2, 0.25) is 0 Å². The number of hydrogen-bond acceptors (Lipinski definition) is 2. The van der Waals surface area contributed by atoms with E-state index in [9.17, 15) is 13.6 Å². The van der Waals surface area contributed by atoms with Crippen molar-refractivity contribution >= 4 is 5.91 Å². The van der Waals surface area contributed by atoms with E-state index >= 15 is 0 Å². The van der Waals surface area contributed by atoms with E-state index in [2.05, 4.69) is 5.32 Å². The fraction of sp³-hybridized carbons (Fsp3) is 0.462. The van der Waals surface area contributed by atoms with Gasteiger partial charge in [-0.05, 0) is 31.9 Å². The number of nitrogens with two attached hydrogens (primary N) is 1. The largest absolute Gasteiger partial charge is 0.352 e. The van der Waals surface area contributed by atoms with Crippen LogP contribution in [0, 0.1) is 11.6 Å². The van der Waals surface area contributed by atoms with E-state index in [4.69, 9.17) is 5.73 Å². The molecule has 2 atom stereocenters. The van der Waals surface area contributed by atoms with E-state index < -0.39 is 17.7 Å². The molecule has 1 amide bonds. The molecule has 0 saturated heterocycles. The molecule has 0 fully saturated rings. The predicted molar refractivity (Wildman–Crippen MR) is 65.9 cm³/mol. The molecule has 1 aromatic carbocycles. The second kappa shape index (κ2) is 6.44. The van der Waals surface area contributed by atoms with Gasteiger partial charge in [-0.25, -0.2) is 8.78 Å². The molecule has 0 radical (unpaired) electrons. The summed E-state index contributed by atoms with van der Waals surface area (Å²) < 4.78 is 26.8. The van der Waals surface area contributed by atoms with Crippen molar-refractivity contribution in [3.05, 3.63) is 35.4 Å². The van der Waals surface area contributed by atoms with E-state index in [-0.39, 0.29) is 23.9 Å². The second-order valence-electron chi connectivity index (χ2n) is 4.33. The molecular weight excluding hydrogens is 238 g/mol. The number of benzene rings is 1. The summed E-state index contributed by atoms with van der Waals surface area (Å²) in [6.07, 6.45) is 0.618. The van der Waals surface area contributed by atoms with Gasteiger partial charge in [0.25, 0.3) is 0 Å². The maximum atomic E-state index is 13.4. The summed E-state index contributed by atoms with van der Waals surface area (Å²) in [6, 6.07) is 2.75. The molecule has 0 aliphatic heterocycles. The molecule has 0 aromatic heterocycles. The third-order valence-corrected chi connectivity index (χ3v) is 2.74. The van der Waals surface area contributed by atoms with Gasteiger partial charge in [0.15, 0.2) is 0 Å². The van der Waals surface area contributed by atoms with Gasteiger partial charge < -0.3 is 11.1 Å². The van der Waals surface area contributed by atoms with Crippen molar-refractivity contribution in [1.82, 2.24) is 5.32 Å². The van der Waals surface area contributed by atoms with Crippen molar-refractivity contribution in [3.63, 3.8) is 0 Å². The van der Waals surface area contributed by atoms with Crippen LogP contribution >= 0.6 is 0 Å². The number of hydrogen-bond donors (Lipinski definition) is 2. The van der Waals surface area contributed by atoms with E-state index in [1.165, 1.54) is 18.2 Å². The molecule has 0 bridgehead atoms. The highest BCUT2D eigenvalue weighted by molar-refractivity contribution is 5.81. The minimum absolute atomic E-state index is 0.0182. The normalized spacial score (nSPS) is 14.1. The van der Waals surface area contributed by atoms with Crippen LogP contribution in [0.3, 0.4) is 0 Å². The molecule has 100 valence electrons. The first-order valence-electron chi connectivity index (χ1n) is 5.94. The van der Waals surface area contributed by atoms with Crippen LogP contribution in [-0.2, 0) is 11.2 Å². The van der Waals surface area contributed by atoms with E-state index in [0.29, 0.717) is 6.42 Å². The molecule has 0 heterocycles. The van der Waals surface area contributed by atoms with Crippen molar-refractivity contribution < 1.29 is 13.6 Å². The van der Waals surface area contributed by atoms with Crippen LogP contribution in [0.15, 0.2) is 18.2 Å². The molecule has 5 heteroatoms. The van der Waals surface area contributed by atoms with E-state index in [1.807, 2.05) is 0 Å². The minimum Gasteiger partial charge on any atom is -0.352 e. The number of rotatable bonds is 5. The fourth-order valence-electron chi connectivity index (χ4n) is 1.62. The van der Waals surface area contributed by atoms with E-state index in [0.717, 1.165) is 0 Å². The highest BCUT2D eigenvalue weighted by Crippen LogP contribution is 2.14. The molecule has 3 nitrogen and oxygen atoms in total. The number of carbonyl (C=O) groups is 1. The van der Waals surface area contributed by atoms with Gasteiger partial charge in [0, 0.05) is 11.6 Å². The van der Waals surface area contributed by atoms with Crippen LogP contribution in [0.25, 0.3) is 0 Å². The topological polar surface area (TPSA) is 55.1 Å². The number of carbonyl (C=O) groups excluding carboxylic acids is 1. The lowest BCUT2D eigenvalue weighted by Crippen LogP contribution is -2.44. The van der Waals surface area contributed by atoms with Gasteiger partial charge in [-0.3, -0.25) is 4.79 Å². The number of amides is 1. The second-order valence-corrected chi connectivity index (χ2v) is 4.33. The first kappa shape index (κ1) is 14.6. The van der Waals surface area contributed by atoms with Crippen LogP contribution in [0.4, 0.5) is 8.78 Å². The molecule has 0 saturated carbocycles. The lowest BCUT2D eigenvalue weighted by atomic mass is 10.1. The van der Waals surface area contributed by atoms with Crippen molar-refractivity contribution in [3.8, 4) is 0 Å². The SMILES string of the molecule is CC[C@@H](N)C(=O)NC(C)Cc1c(F)cccc1F. The van der Waals surface area contributed by atoms with Crippen LogP contribution in [-0.4, -0.2) is 18.0 Å². The summed E-state index contributed by atoms with van der Waals surface area (Å²) in [5.41, 5.74) is 5.54. The number of halogens is 2. The average molecular weight is 256 g/mol. The third-order valence-electron chi connectivity index (χ3n) is 2.74. The maximum Gasteiger partial charge on any atom is 0.237 e. The Morgan fingerprint density at radius 1 is 1.39 bits per heavy atom. The molecule has 1 rings (SSSR count). The summed E-state index contributed by atoms with van der Waals surface area (Å²) in [7, 11) is 0. The molecule has 0 spiro atoms. The third kappa shape index (κ3) is 3.77. The molecule has 18 heavy (non-hydrogen) atoms. The predicted octanol–water partition coefficient (Wildman–Crippen LogP) is 1.75. The molecule has 3 N–H and O–H groups in total. The smallest absolute Gasteiger partial charge is 0.237 e. The average Bonchev–Trinajstić information content (AvgIpc) is 2.32. The zero-order valence-electron chi connectivity index (χ0n) is 10.5. The lowest BCUT2D eigenvalue weighted by Gasteiger charge is -2.17. The Kier molecular flexibility index (Phi) is 5.22. The molecule has 0 aliphatic carbocycles. The maximum absolute atomic E-state index is 13.4. The zero-order chi connectivity index (χ0) is 13.7. The Bertz CT molecular complexity index is 403. The molecular formula is C13H18F2N2O. The van der Waals surface area contributed by atoms with E-state index in [1.54, 1.807) is 13.8 Å². The van der Waals surface area contributed by atoms with Gasteiger partial charge in [0.05, 0.1) is 6.04 Å². The van der Waals surface area contributed by atoms with Crippen LogP contribution in [0.1, 0.15) is 25.8 Å². The first-order chi connectivity index (χ1) is 8.45. The highest BCUT2D eigenvalue weighted by atomic mass is 19.1. The lowest BCUT2D eigenvalue weighted by molar-refractivity contribution is -0.123. The van der Waals surface area contributed by atoms with Gasteiger partial charge in [-0.15, -0.1) is 0 Å². The summed E-state index contributed by atoms with van der Waals surface area (Å²) in [5, 5.41) is 2.64. The summed E-state index contributed by atoms with van der Waals surface area (Å²) in [5.74, 6) is -1.51. The quantitative estimate of drug-likeness (QED) is 0.843. The minimum atomic E-state index is -0.601. The molecule has 1 unspecified atom stereocenters. The van der Waals surface area contributed by atoms with Crippen molar-refractivity contribution in [2.75, 3.05) is 0 Å². The Balaban J connectivity index is 2.65. The summed E-state index contributed by atoms with van der Waals surface area (Å²) in [6.45, 7) is 3.48. The zero-order valence-corrected chi connectivity index (χ0v) is 10.5. The van der Waals surface area contributed by atoms with Gasteiger partial charge in [0.2, 0.25) is 5.91 Å². The monoisotopic (exact) mass is 256 g/mol. The Labute approximate surface area is 105 Å². The Morgan fingerprint density at radius 3 is 2.44 bits per heavy atom. The molecule has 0 aliphatic rings. The number of nitrogens with one attached hydrogen (secondary N) is 1. The van der Waals surface area contributed by atoms with Crippen LogP contribution < -0.4 is 11.1 Å². The van der Waals surface area contributed by atoms with Gasteiger partial charge in [0.1, 0.15) is 11.6 Å². The van der Waals surface area contributed by atoms with Crippen molar-refractivity contribution in [2.45, 2.75) is 38.8 Å². The van der Waals surface area contributed by atoms with Gasteiger partial charge in [-0.1, -0.05) is 13.0 Å². The van der Waals surface area contributed by atoms with Gasteiger partial charge in [-0.2, -0.15) is 0 Å². The van der Waals surface area contributed by atoms with Crippen LogP contribution in [0.5, 0.6) is 0 Å². The summed E-state index contributed by atoms with van der Waals surface area (Å²) in [4.78, 5) is 11.5. The Hall–Kier alpha value is -1.49.